The number of thiol groups is 1. The first-order valence-electron chi connectivity index (χ1n) is 4.62. The molecule has 0 saturated carbocycles. The number of benzene rings is 1. The average Bonchev–Trinajstić information content (AvgIpc) is 2.10. The van der Waals surface area contributed by atoms with Crippen LogP contribution in [0.25, 0.3) is 9.40 Å². The van der Waals surface area contributed by atoms with Gasteiger partial charge in [0, 0.05) is 10.8 Å². The molecule has 1 atom stereocenters. The van der Waals surface area contributed by atoms with Gasteiger partial charge in [0.25, 0.3) is 0 Å². The van der Waals surface area contributed by atoms with Crippen LogP contribution >= 0.6 is 33.3 Å². The minimum atomic E-state index is 0.170. The highest BCUT2D eigenvalue weighted by molar-refractivity contribution is 7.81. The number of phenols is 1. The average molecular weight is 244 g/mol. The first kappa shape index (κ1) is 10.3. The first-order valence-corrected chi connectivity index (χ1v) is 7.29. The number of aromatic hydroxyl groups is 1. The quantitative estimate of drug-likeness (QED) is 0.604. The monoisotopic (exact) mass is 244 g/mol. The molecule has 0 aliphatic heterocycles. The summed E-state index contributed by atoms with van der Waals surface area (Å²) in [4.78, 5) is 0. The van der Waals surface area contributed by atoms with E-state index in [4.69, 9.17) is 0 Å². The third-order valence-corrected chi connectivity index (χ3v) is 5.39. The summed E-state index contributed by atoms with van der Waals surface area (Å²) in [5.74, 6) is 0.394. The molecule has 1 N–H and O–H groups in total. The maximum absolute atomic E-state index is 9.78. The lowest BCUT2D eigenvalue weighted by atomic mass is 10.1. The molecular formula is C10H12OS3. The first-order chi connectivity index (χ1) is 6.74. The molecule has 0 aliphatic carbocycles. The lowest BCUT2D eigenvalue weighted by Gasteiger charge is -2.15. The second-order valence-corrected chi connectivity index (χ2v) is 6.10. The van der Waals surface area contributed by atoms with Crippen LogP contribution in [0.2, 0.25) is 0 Å². The summed E-state index contributed by atoms with van der Waals surface area (Å²) in [6, 6.07) is 3.75. The predicted octanol–water partition coefficient (Wildman–Crippen LogP) is 4.44. The highest BCUT2D eigenvalue weighted by atomic mass is 32.9. The third-order valence-electron chi connectivity index (χ3n) is 2.25. The van der Waals surface area contributed by atoms with Crippen molar-refractivity contribution in [2.75, 3.05) is 0 Å². The zero-order valence-electron chi connectivity index (χ0n) is 7.86. The smallest absolute Gasteiger partial charge is 0.121 e. The number of phenolic OH excluding ortho intramolecular Hbond substituents is 1. The van der Waals surface area contributed by atoms with Crippen molar-refractivity contribution in [1.29, 1.82) is 0 Å². The van der Waals surface area contributed by atoms with Crippen molar-refractivity contribution >= 4 is 42.7 Å². The van der Waals surface area contributed by atoms with Crippen LogP contribution in [0.4, 0.5) is 0 Å². The van der Waals surface area contributed by atoms with Gasteiger partial charge in [-0.2, -0.15) is 12.6 Å². The number of fused-ring (bicyclic) bond motifs is 1. The third kappa shape index (κ3) is 1.66. The second-order valence-electron chi connectivity index (χ2n) is 3.30. The van der Waals surface area contributed by atoms with E-state index in [9.17, 15) is 5.11 Å². The van der Waals surface area contributed by atoms with E-state index < -0.39 is 0 Å². The minimum absolute atomic E-state index is 0.170. The van der Waals surface area contributed by atoms with Crippen LogP contribution in [0.15, 0.2) is 12.1 Å². The van der Waals surface area contributed by atoms with Crippen molar-refractivity contribution in [3.05, 3.63) is 17.7 Å². The Bertz CT molecular complexity index is 429. The number of hydrogen-bond donors (Lipinski definition) is 2. The second kappa shape index (κ2) is 4.13. The lowest BCUT2D eigenvalue weighted by molar-refractivity contribution is 0.468. The molecule has 14 heavy (non-hydrogen) atoms. The number of hydrogen-bond acceptors (Lipinski definition) is 4. The molecule has 0 radical (unpaired) electrons. The van der Waals surface area contributed by atoms with Crippen molar-refractivity contribution in [3.8, 4) is 5.75 Å². The van der Waals surface area contributed by atoms with Crippen LogP contribution in [0, 0.1) is 0 Å². The Hall–Kier alpha value is -0.190. The Morgan fingerprint density at radius 2 is 2.21 bits per heavy atom. The normalized spacial score (nSPS) is 13.6. The number of rotatable bonds is 3. The zero-order valence-corrected chi connectivity index (χ0v) is 10.4. The van der Waals surface area contributed by atoms with Gasteiger partial charge in [0.05, 0.1) is 9.40 Å². The molecule has 0 saturated heterocycles. The molecule has 2 rings (SSSR count). The topological polar surface area (TPSA) is 20.2 Å². The zero-order chi connectivity index (χ0) is 10.1. The van der Waals surface area contributed by atoms with E-state index in [-0.39, 0.29) is 5.25 Å². The molecule has 0 bridgehead atoms. The minimum Gasteiger partial charge on any atom is -0.508 e. The van der Waals surface area contributed by atoms with Crippen molar-refractivity contribution in [2.24, 2.45) is 0 Å². The Morgan fingerprint density at radius 1 is 1.43 bits per heavy atom. The summed E-state index contributed by atoms with van der Waals surface area (Å²) in [6.07, 6.45) is 2.10. The van der Waals surface area contributed by atoms with Gasteiger partial charge in [0.1, 0.15) is 5.75 Å². The maximum atomic E-state index is 9.78. The molecule has 0 spiro atoms. The SMILES string of the molecule is CCCC(S)c1c(O)ccc2ssc12. The summed E-state index contributed by atoms with van der Waals surface area (Å²) >= 11 is 4.54. The fourth-order valence-corrected chi connectivity index (χ4v) is 4.25. The molecule has 1 unspecified atom stereocenters. The van der Waals surface area contributed by atoms with E-state index in [0.717, 1.165) is 18.4 Å². The maximum Gasteiger partial charge on any atom is 0.121 e. The summed E-state index contributed by atoms with van der Waals surface area (Å²) < 4.78 is 2.50. The fraction of sp³-hybridized carbons (Fsp3) is 0.400. The summed E-state index contributed by atoms with van der Waals surface area (Å²) in [5.41, 5.74) is 1.02. The van der Waals surface area contributed by atoms with Crippen LogP contribution in [-0.4, -0.2) is 5.11 Å². The van der Waals surface area contributed by atoms with Gasteiger partial charge in [-0.3, -0.25) is 0 Å². The molecule has 1 heterocycles. The highest BCUT2D eigenvalue weighted by Crippen LogP contribution is 2.44. The van der Waals surface area contributed by atoms with Crippen molar-refractivity contribution in [1.82, 2.24) is 0 Å². The molecule has 2 aromatic rings. The van der Waals surface area contributed by atoms with Gasteiger partial charge >= 0.3 is 0 Å². The van der Waals surface area contributed by atoms with Crippen molar-refractivity contribution in [3.63, 3.8) is 0 Å². The van der Waals surface area contributed by atoms with Crippen LogP contribution < -0.4 is 0 Å². The molecule has 4 heteroatoms. The molecular weight excluding hydrogens is 232 g/mol. The van der Waals surface area contributed by atoms with Gasteiger partial charge in [-0.25, -0.2) is 0 Å². The van der Waals surface area contributed by atoms with Crippen molar-refractivity contribution in [2.45, 2.75) is 25.0 Å². The Labute approximate surface area is 96.2 Å². The van der Waals surface area contributed by atoms with E-state index in [1.165, 1.54) is 9.40 Å². The molecule has 1 nitrogen and oxygen atoms in total. The summed E-state index contributed by atoms with van der Waals surface area (Å²) in [6.45, 7) is 2.14. The summed E-state index contributed by atoms with van der Waals surface area (Å²) in [7, 11) is 3.49. The van der Waals surface area contributed by atoms with Gasteiger partial charge in [-0.05, 0) is 18.6 Å². The van der Waals surface area contributed by atoms with Gasteiger partial charge in [-0.1, -0.05) is 34.0 Å². The predicted molar refractivity (Wildman–Crippen MR) is 68.0 cm³/mol. The van der Waals surface area contributed by atoms with Gasteiger partial charge < -0.3 is 5.11 Å². The van der Waals surface area contributed by atoms with E-state index >= 15 is 0 Å². The molecule has 0 fully saturated rings. The van der Waals surface area contributed by atoms with Crippen LogP contribution in [0.3, 0.4) is 0 Å². The summed E-state index contributed by atoms with van der Waals surface area (Å²) in [5, 5.41) is 9.95. The van der Waals surface area contributed by atoms with Gasteiger partial charge in [0.2, 0.25) is 0 Å². The van der Waals surface area contributed by atoms with Crippen LogP contribution in [-0.2, 0) is 0 Å². The molecule has 0 amide bonds. The van der Waals surface area contributed by atoms with Gasteiger partial charge in [0.15, 0.2) is 0 Å². The van der Waals surface area contributed by atoms with E-state index in [1.54, 1.807) is 26.7 Å². The highest BCUT2D eigenvalue weighted by Gasteiger charge is 2.16. The Balaban J connectivity index is 2.44. The Morgan fingerprint density at radius 3 is 2.79 bits per heavy atom. The molecule has 1 aromatic carbocycles. The Kier molecular flexibility index (Phi) is 3.04. The largest absolute Gasteiger partial charge is 0.508 e. The standard InChI is InChI=1S/C10H12OS3/c1-2-3-7(12)9-6(11)4-5-8-10(9)14-13-8/h4-5,7,11-12H,2-3H2,1H3. The van der Waals surface area contributed by atoms with E-state index in [0.29, 0.717) is 5.75 Å². The van der Waals surface area contributed by atoms with Gasteiger partial charge in [-0.15, -0.1) is 0 Å². The van der Waals surface area contributed by atoms with Crippen molar-refractivity contribution < 1.29 is 5.11 Å². The molecule has 0 aliphatic rings. The van der Waals surface area contributed by atoms with E-state index in [2.05, 4.69) is 19.6 Å². The van der Waals surface area contributed by atoms with Crippen LogP contribution in [0.5, 0.6) is 5.75 Å². The molecule has 1 aromatic heterocycles. The lowest BCUT2D eigenvalue weighted by Crippen LogP contribution is -1.92. The fourth-order valence-electron chi connectivity index (χ4n) is 1.51. The van der Waals surface area contributed by atoms with E-state index in [1.807, 2.05) is 6.07 Å². The molecule has 76 valence electrons. The van der Waals surface area contributed by atoms with Crippen LogP contribution in [0.1, 0.15) is 30.6 Å².